The number of hydrogen-bond acceptors (Lipinski definition) is 4. The van der Waals surface area contributed by atoms with E-state index >= 15 is 0 Å². The summed E-state index contributed by atoms with van der Waals surface area (Å²) in [5, 5.41) is 5.78. The molecule has 142 valence electrons. The first-order valence-corrected chi connectivity index (χ1v) is 9.14. The number of halogens is 1. The third-order valence-corrected chi connectivity index (χ3v) is 4.57. The molecule has 1 aliphatic rings. The lowest BCUT2D eigenvalue weighted by atomic mass is 10.1. The largest absolute Gasteiger partial charge is 0.492 e. The van der Waals surface area contributed by atoms with E-state index in [0.29, 0.717) is 23.4 Å². The summed E-state index contributed by atoms with van der Waals surface area (Å²) in [5.41, 5.74) is 2.49. The first-order valence-electron chi connectivity index (χ1n) is 9.14. The second-order valence-electron chi connectivity index (χ2n) is 6.25. The summed E-state index contributed by atoms with van der Waals surface area (Å²) in [6.07, 6.45) is 1.63. The SMILES string of the molecule is CCN(CC)CCOc1ccc(N/C=C2/C(=O)Nc3cc(F)ccc32)cc1. The van der Waals surface area contributed by atoms with Gasteiger partial charge in [0.15, 0.2) is 0 Å². The third-order valence-electron chi connectivity index (χ3n) is 4.57. The molecule has 0 saturated heterocycles. The van der Waals surface area contributed by atoms with Gasteiger partial charge in [-0.05, 0) is 55.6 Å². The van der Waals surface area contributed by atoms with Crippen molar-refractivity contribution < 1.29 is 13.9 Å². The molecule has 0 bridgehead atoms. The molecule has 3 rings (SSSR count). The van der Waals surface area contributed by atoms with E-state index in [0.717, 1.165) is 31.1 Å². The van der Waals surface area contributed by atoms with Crippen molar-refractivity contribution in [2.24, 2.45) is 0 Å². The minimum Gasteiger partial charge on any atom is -0.492 e. The van der Waals surface area contributed by atoms with Gasteiger partial charge in [0, 0.05) is 24.0 Å². The number of hydrogen-bond donors (Lipinski definition) is 2. The summed E-state index contributed by atoms with van der Waals surface area (Å²) in [5.74, 6) is 0.180. The molecular weight excluding hydrogens is 345 g/mol. The molecule has 0 aliphatic carbocycles. The van der Waals surface area contributed by atoms with Crippen LogP contribution in [0.15, 0.2) is 48.7 Å². The minimum atomic E-state index is -0.375. The van der Waals surface area contributed by atoms with Crippen molar-refractivity contribution >= 4 is 22.9 Å². The topological polar surface area (TPSA) is 53.6 Å². The van der Waals surface area contributed by atoms with Crippen LogP contribution in [0.2, 0.25) is 0 Å². The molecular formula is C21H24FN3O2. The molecule has 2 aromatic rings. The Labute approximate surface area is 158 Å². The Morgan fingerprint density at radius 3 is 2.59 bits per heavy atom. The molecule has 1 aliphatic heterocycles. The number of nitrogens with one attached hydrogen (secondary N) is 2. The standard InChI is InChI=1S/C21H24FN3O2/c1-3-25(4-2)11-12-27-17-8-6-16(7-9-17)23-14-19-18-10-5-15(22)13-20(18)24-21(19)26/h5-10,13-14,23H,3-4,11-12H2,1-2H3,(H,24,26)/b19-14+. The quantitative estimate of drug-likeness (QED) is 0.692. The summed E-state index contributed by atoms with van der Waals surface area (Å²) in [6, 6.07) is 11.8. The van der Waals surface area contributed by atoms with Crippen molar-refractivity contribution in [1.29, 1.82) is 0 Å². The fraction of sp³-hybridized carbons (Fsp3) is 0.286. The first-order chi connectivity index (χ1) is 13.1. The first kappa shape index (κ1) is 18.9. The summed E-state index contributed by atoms with van der Waals surface area (Å²) in [4.78, 5) is 14.4. The lowest BCUT2D eigenvalue weighted by Gasteiger charge is -2.18. The fourth-order valence-corrected chi connectivity index (χ4v) is 2.95. The van der Waals surface area contributed by atoms with Crippen molar-refractivity contribution in [2.45, 2.75) is 13.8 Å². The Balaban J connectivity index is 1.59. The molecule has 27 heavy (non-hydrogen) atoms. The van der Waals surface area contributed by atoms with Gasteiger partial charge in [0.05, 0.1) is 11.3 Å². The summed E-state index contributed by atoms with van der Waals surface area (Å²) in [7, 11) is 0. The lowest BCUT2D eigenvalue weighted by molar-refractivity contribution is -0.110. The highest BCUT2D eigenvalue weighted by Gasteiger charge is 2.24. The number of rotatable bonds is 8. The maximum absolute atomic E-state index is 13.3. The summed E-state index contributed by atoms with van der Waals surface area (Å²) in [6.45, 7) is 7.84. The molecule has 5 nitrogen and oxygen atoms in total. The molecule has 0 unspecified atom stereocenters. The Morgan fingerprint density at radius 2 is 1.89 bits per heavy atom. The van der Waals surface area contributed by atoms with Crippen LogP contribution in [-0.2, 0) is 4.79 Å². The van der Waals surface area contributed by atoms with E-state index in [1.54, 1.807) is 12.3 Å². The molecule has 0 aromatic heterocycles. The van der Waals surface area contributed by atoms with Crippen molar-refractivity contribution in [3.05, 3.63) is 60.0 Å². The Kier molecular flexibility index (Phi) is 6.08. The summed E-state index contributed by atoms with van der Waals surface area (Å²) < 4.78 is 19.0. The van der Waals surface area contributed by atoms with Crippen LogP contribution in [0.4, 0.5) is 15.8 Å². The monoisotopic (exact) mass is 369 g/mol. The zero-order valence-corrected chi connectivity index (χ0v) is 15.6. The van der Waals surface area contributed by atoms with Gasteiger partial charge in [-0.2, -0.15) is 0 Å². The van der Waals surface area contributed by atoms with E-state index in [1.165, 1.54) is 12.1 Å². The maximum Gasteiger partial charge on any atom is 0.257 e. The molecule has 2 N–H and O–H groups in total. The number of fused-ring (bicyclic) bond motifs is 1. The van der Waals surface area contributed by atoms with E-state index in [9.17, 15) is 9.18 Å². The van der Waals surface area contributed by atoms with E-state index in [2.05, 4.69) is 29.4 Å². The van der Waals surface area contributed by atoms with Gasteiger partial charge in [-0.3, -0.25) is 4.79 Å². The molecule has 0 spiro atoms. The number of anilines is 2. The molecule has 0 saturated carbocycles. The summed E-state index contributed by atoms with van der Waals surface area (Å²) >= 11 is 0. The van der Waals surface area contributed by atoms with E-state index in [4.69, 9.17) is 4.74 Å². The number of ether oxygens (including phenoxy) is 1. The van der Waals surface area contributed by atoms with Crippen molar-refractivity contribution in [3.63, 3.8) is 0 Å². The van der Waals surface area contributed by atoms with Gasteiger partial charge >= 0.3 is 0 Å². The molecule has 6 heteroatoms. The molecule has 0 radical (unpaired) electrons. The van der Waals surface area contributed by atoms with Gasteiger partial charge in [-0.1, -0.05) is 13.8 Å². The minimum absolute atomic E-state index is 0.251. The highest BCUT2D eigenvalue weighted by Crippen LogP contribution is 2.32. The van der Waals surface area contributed by atoms with Crippen molar-refractivity contribution in [2.75, 3.05) is 36.9 Å². The van der Waals surface area contributed by atoms with Crippen LogP contribution in [0, 0.1) is 5.82 Å². The second-order valence-corrected chi connectivity index (χ2v) is 6.25. The van der Waals surface area contributed by atoms with E-state index < -0.39 is 0 Å². The molecule has 0 fully saturated rings. The highest BCUT2D eigenvalue weighted by atomic mass is 19.1. The second kappa shape index (κ2) is 8.68. The Morgan fingerprint density at radius 1 is 1.15 bits per heavy atom. The van der Waals surface area contributed by atoms with Crippen LogP contribution < -0.4 is 15.4 Å². The number of likely N-dealkylation sites (N-methyl/N-ethyl adjacent to an activating group) is 1. The van der Waals surface area contributed by atoms with Gasteiger partial charge in [0.25, 0.3) is 5.91 Å². The number of benzene rings is 2. The van der Waals surface area contributed by atoms with E-state index in [1.807, 2.05) is 24.3 Å². The van der Waals surface area contributed by atoms with Crippen LogP contribution in [0.1, 0.15) is 19.4 Å². The highest BCUT2D eigenvalue weighted by molar-refractivity contribution is 6.31. The van der Waals surface area contributed by atoms with Crippen molar-refractivity contribution in [3.8, 4) is 5.75 Å². The van der Waals surface area contributed by atoms with Gasteiger partial charge < -0.3 is 20.3 Å². The predicted octanol–water partition coefficient (Wildman–Crippen LogP) is 3.95. The Bertz CT molecular complexity index is 830. The van der Waals surface area contributed by atoms with Gasteiger partial charge in [-0.25, -0.2) is 4.39 Å². The van der Waals surface area contributed by atoms with Crippen molar-refractivity contribution in [1.82, 2.24) is 4.90 Å². The normalized spacial score (nSPS) is 14.4. The Hall–Kier alpha value is -2.86. The number of amides is 1. The zero-order valence-electron chi connectivity index (χ0n) is 15.6. The molecule has 0 atom stereocenters. The molecule has 1 heterocycles. The van der Waals surface area contributed by atoms with Crippen LogP contribution in [0.5, 0.6) is 5.75 Å². The molecule has 1 amide bonds. The average Bonchev–Trinajstić information content (AvgIpc) is 2.98. The van der Waals surface area contributed by atoms with Crippen LogP contribution >= 0.6 is 0 Å². The van der Waals surface area contributed by atoms with Crippen LogP contribution in [0.3, 0.4) is 0 Å². The molecule has 2 aromatic carbocycles. The number of carbonyl (C=O) groups is 1. The van der Waals surface area contributed by atoms with E-state index in [-0.39, 0.29) is 11.7 Å². The predicted molar refractivity (Wildman–Crippen MR) is 106 cm³/mol. The maximum atomic E-state index is 13.3. The van der Waals surface area contributed by atoms with Crippen LogP contribution in [0.25, 0.3) is 5.57 Å². The number of carbonyl (C=O) groups excluding carboxylic acids is 1. The third kappa shape index (κ3) is 4.65. The zero-order chi connectivity index (χ0) is 19.2. The fourth-order valence-electron chi connectivity index (χ4n) is 2.95. The smallest absolute Gasteiger partial charge is 0.257 e. The lowest BCUT2D eigenvalue weighted by Crippen LogP contribution is -2.27. The van der Waals surface area contributed by atoms with Crippen LogP contribution in [-0.4, -0.2) is 37.0 Å². The average molecular weight is 369 g/mol. The van der Waals surface area contributed by atoms with Gasteiger partial charge in [0.2, 0.25) is 0 Å². The van der Waals surface area contributed by atoms with Gasteiger partial charge in [-0.15, -0.1) is 0 Å². The van der Waals surface area contributed by atoms with Gasteiger partial charge in [0.1, 0.15) is 18.2 Å². The number of nitrogens with zero attached hydrogens (tertiary/aromatic N) is 1.